The fourth-order valence-corrected chi connectivity index (χ4v) is 2.59. The molecule has 0 aliphatic heterocycles. The summed E-state index contributed by atoms with van der Waals surface area (Å²) < 4.78 is 1.97. The molecule has 0 unspecified atom stereocenters. The Morgan fingerprint density at radius 3 is 2.29 bits per heavy atom. The van der Waals surface area contributed by atoms with Gasteiger partial charge in [0.05, 0.1) is 21.4 Å². The maximum Gasteiger partial charge on any atom is 0.212 e. The first kappa shape index (κ1) is 14.0. The molecule has 106 valence electrons. The van der Waals surface area contributed by atoms with Crippen molar-refractivity contribution in [2.24, 2.45) is 0 Å². The van der Waals surface area contributed by atoms with E-state index in [1.807, 2.05) is 54.1 Å². The molecular formula is C16H13Cl2N3. The summed E-state index contributed by atoms with van der Waals surface area (Å²) in [6.45, 7) is 1.94. The number of para-hydroxylation sites is 2. The maximum atomic E-state index is 6.20. The number of anilines is 2. The smallest absolute Gasteiger partial charge is 0.212 e. The SMILES string of the molecule is Cc1cn(-c2ccccc2)c(Nc2c(Cl)cccc2Cl)n1. The van der Waals surface area contributed by atoms with E-state index in [9.17, 15) is 0 Å². The third-order valence-corrected chi connectivity index (χ3v) is 3.69. The predicted molar refractivity (Wildman–Crippen MR) is 88.0 cm³/mol. The van der Waals surface area contributed by atoms with Crippen molar-refractivity contribution >= 4 is 34.8 Å². The minimum atomic E-state index is 0.558. The van der Waals surface area contributed by atoms with Crippen LogP contribution in [0, 0.1) is 6.92 Å². The molecule has 0 saturated carbocycles. The van der Waals surface area contributed by atoms with E-state index in [0.29, 0.717) is 21.7 Å². The van der Waals surface area contributed by atoms with Crippen LogP contribution < -0.4 is 5.32 Å². The normalized spacial score (nSPS) is 10.6. The van der Waals surface area contributed by atoms with E-state index in [1.54, 1.807) is 12.1 Å². The molecule has 1 N–H and O–H groups in total. The van der Waals surface area contributed by atoms with Crippen LogP contribution in [0.25, 0.3) is 5.69 Å². The standard InChI is InChI=1S/C16H13Cl2N3/c1-11-10-21(12-6-3-2-4-7-12)16(19-11)20-15-13(17)8-5-9-14(15)18/h2-10H,1H3,(H,19,20). The van der Waals surface area contributed by atoms with Gasteiger partial charge in [0.1, 0.15) is 0 Å². The summed E-state index contributed by atoms with van der Waals surface area (Å²) in [5.74, 6) is 0.675. The van der Waals surface area contributed by atoms with Crippen LogP contribution in [0.3, 0.4) is 0 Å². The van der Waals surface area contributed by atoms with Crippen LogP contribution >= 0.6 is 23.2 Å². The summed E-state index contributed by atoms with van der Waals surface area (Å²) in [5.41, 5.74) is 2.58. The molecule has 3 nitrogen and oxygen atoms in total. The van der Waals surface area contributed by atoms with E-state index in [1.165, 1.54) is 0 Å². The molecule has 21 heavy (non-hydrogen) atoms. The van der Waals surface area contributed by atoms with E-state index < -0.39 is 0 Å². The zero-order valence-corrected chi connectivity index (χ0v) is 12.9. The van der Waals surface area contributed by atoms with Crippen LogP contribution in [0.5, 0.6) is 0 Å². The summed E-state index contributed by atoms with van der Waals surface area (Å²) in [4.78, 5) is 4.50. The van der Waals surface area contributed by atoms with E-state index in [-0.39, 0.29) is 0 Å². The number of aryl methyl sites for hydroxylation is 1. The Hall–Kier alpha value is -1.97. The number of aromatic nitrogens is 2. The van der Waals surface area contributed by atoms with Crippen LogP contribution in [0.2, 0.25) is 10.0 Å². The second-order valence-electron chi connectivity index (χ2n) is 4.63. The van der Waals surface area contributed by atoms with Gasteiger partial charge < -0.3 is 5.32 Å². The molecule has 0 aliphatic rings. The minimum absolute atomic E-state index is 0.558. The van der Waals surface area contributed by atoms with Gasteiger partial charge in [0.15, 0.2) is 0 Å². The first-order valence-corrected chi connectivity index (χ1v) is 7.23. The molecule has 5 heteroatoms. The number of benzene rings is 2. The van der Waals surface area contributed by atoms with Crippen molar-refractivity contribution in [2.75, 3.05) is 5.32 Å². The molecule has 0 saturated heterocycles. The van der Waals surface area contributed by atoms with Crippen molar-refractivity contribution < 1.29 is 0 Å². The topological polar surface area (TPSA) is 29.9 Å². The average molecular weight is 318 g/mol. The van der Waals surface area contributed by atoms with Crippen molar-refractivity contribution in [1.82, 2.24) is 9.55 Å². The lowest BCUT2D eigenvalue weighted by Crippen LogP contribution is -2.01. The van der Waals surface area contributed by atoms with Crippen molar-refractivity contribution in [3.63, 3.8) is 0 Å². The highest BCUT2D eigenvalue weighted by atomic mass is 35.5. The van der Waals surface area contributed by atoms with E-state index in [0.717, 1.165) is 11.4 Å². The predicted octanol–water partition coefficient (Wildman–Crippen LogP) is 5.23. The zero-order chi connectivity index (χ0) is 14.8. The largest absolute Gasteiger partial charge is 0.323 e. The van der Waals surface area contributed by atoms with Crippen LogP contribution in [0.4, 0.5) is 11.6 Å². The second-order valence-corrected chi connectivity index (χ2v) is 5.45. The molecule has 2 aromatic carbocycles. The van der Waals surface area contributed by atoms with Crippen molar-refractivity contribution in [2.45, 2.75) is 6.92 Å². The first-order valence-electron chi connectivity index (χ1n) is 6.47. The molecule has 3 rings (SSSR count). The molecule has 0 bridgehead atoms. The Labute approximate surface area is 133 Å². The fourth-order valence-electron chi connectivity index (χ4n) is 2.10. The van der Waals surface area contributed by atoms with Crippen LogP contribution in [0.1, 0.15) is 5.69 Å². The van der Waals surface area contributed by atoms with Gasteiger partial charge in [-0.05, 0) is 31.2 Å². The lowest BCUT2D eigenvalue weighted by atomic mass is 10.3. The Morgan fingerprint density at radius 2 is 1.62 bits per heavy atom. The van der Waals surface area contributed by atoms with Crippen LogP contribution in [-0.4, -0.2) is 9.55 Å². The molecule has 0 atom stereocenters. The van der Waals surface area contributed by atoms with Crippen molar-refractivity contribution in [3.8, 4) is 5.69 Å². The molecule has 0 aliphatic carbocycles. The number of imidazole rings is 1. The van der Waals surface area contributed by atoms with Crippen LogP contribution in [-0.2, 0) is 0 Å². The summed E-state index contributed by atoms with van der Waals surface area (Å²) in [6.07, 6.45) is 1.96. The van der Waals surface area contributed by atoms with Gasteiger partial charge in [-0.2, -0.15) is 0 Å². The quantitative estimate of drug-likeness (QED) is 0.716. The van der Waals surface area contributed by atoms with Gasteiger partial charge in [0, 0.05) is 11.9 Å². The highest BCUT2D eigenvalue weighted by Gasteiger charge is 2.11. The summed E-state index contributed by atoms with van der Waals surface area (Å²) >= 11 is 12.4. The van der Waals surface area contributed by atoms with Gasteiger partial charge in [-0.15, -0.1) is 0 Å². The van der Waals surface area contributed by atoms with Crippen molar-refractivity contribution in [3.05, 3.63) is 70.5 Å². The lowest BCUT2D eigenvalue weighted by molar-refractivity contribution is 1.06. The summed E-state index contributed by atoms with van der Waals surface area (Å²) in [6, 6.07) is 15.4. The molecule has 1 heterocycles. The Bertz CT molecular complexity index is 746. The fraction of sp³-hybridized carbons (Fsp3) is 0.0625. The maximum absolute atomic E-state index is 6.20. The molecule has 0 amide bonds. The van der Waals surface area contributed by atoms with Gasteiger partial charge >= 0.3 is 0 Å². The van der Waals surface area contributed by atoms with Gasteiger partial charge in [-0.25, -0.2) is 4.98 Å². The Morgan fingerprint density at radius 1 is 0.952 bits per heavy atom. The Balaban J connectivity index is 2.04. The number of nitrogens with zero attached hydrogens (tertiary/aromatic N) is 2. The molecule has 0 radical (unpaired) electrons. The van der Waals surface area contributed by atoms with E-state index in [4.69, 9.17) is 23.2 Å². The number of hydrogen-bond donors (Lipinski definition) is 1. The highest BCUT2D eigenvalue weighted by molar-refractivity contribution is 6.39. The minimum Gasteiger partial charge on any atom is -0.323 e. The number of rotatable bonds is 3. The van der Waals surface area contributed by atoms with Crippen LogP contribution in [0.15, 0.2) is 54.7 Å². The van der Waals surface area contributed by atoms with Gasteiger partial charge in [-0.1, -0.05) is 47.5 Å². The summed E-state index contributed by atoms with van der Waals surface area (Å²) in [7, 11) is 0. The van der Waals surface area contributed by atoms with Crippen molar-refractivity contribution in [1.29, 1.82) is 0 Å². The Kier molecular flexibility index (Phi) is 3.86. The number of nitrogens with one attached hydrogen (secondary N) is 1. The molecular weight excluding hydrogens is 305 g/mol. The lowest BCUT2D eigenvalue weighted by Gasteiger charge is -2.12. The molecule has 0 fully saturated rings. The van der Waals surface area contributed by atoms with Gasteiger partial charge in [-0.3, -0.25) is 4.57 Å². The molecule has 1 aromatic heterocycles. The van der Waals surface area contributed by atoms with Gasteiger partial charge in [0.2, 0.25) is 5.95 Å². The molecule has 0 spiro atoms. The third-order valence-electron chi connectivity index (χ3n) is 3.06. The van der Waals surface area contributed by atoms with E-state index in [2.05, 4.69) is 10.3 Å². The first-order chi connectivity index (χ1) is 10.1. The number of hydrogen-bond acceptors (Lipinski definition) is 2. The summed E-state index contributed by atoms with van der Waals surface area (Å²) in [5, 5.41) is 4.33. The number of halogens is 2. The van der Waals surface area contributed by atoms with Gasteiger partial charge in [0.25, 0.3) is 0 Å². The van der Waals surface area contributed by atoms with E-state index >= 15 is 0 Å². The monoisotopic (exact) mass is 317 g/mol. The zero-order valence-electron chi connectivity index (χ0n) is 11.3. The molecule has 3 aromatic rings. The average Bonchev–Trinajstić information content (AvgIpc) is 2.85. The third kappa shape index (κ3) is 2.89. The highest BCUT2D eigenvalue weighted by Crippen LogP contribution is 2.32. The second kappa shape index (κ2) is 5.80.